The van der Waals surface area contributed by atoms with Gasteiger partial charge in [-0.3, -0.25) is 14.0 Å². The minimum absolute atomic E-state index is 0.183. The van der Waals surface area contributed by atoms with Crippen molar-refractivity contribution in [2.24, 2.45) is 7.05 Å². The van der Waals surface area contributed by atoms with Gasteiger partial charge in [-0.15, -0.1) is 0 Å². The zero-order valence-electron chi connectivity index (χ0n) is 13.8. The van der Waals surface area contributed by atoms with Crippen molar-refractivity contribution in [3.8, 4) is 5.69 Å². The van der Waals surface area contributed by atoms with Gasteiger partial charge in [0.15, 0.2) is 5.65 Å². The van der Waals surface area contributed by atoms with Crippen molar-refractivity contribution in [1.29, 1.82) is 0 Å². The van der Waals surface area contributed by atoms with Gasteiger partial charge in [-0.25, -0.2) is 0 Å². The average Bonchev–Trinajstić information content (AvgIpc) is 3.16. The van der Waals surface area contributed by atoms with Crippen LogP contribution in [0.3, 0.4) is 0 Å². The maximum absolute atomic E-state index is 12.8. The highest BCUT2D eigenvalue weighted by Gasteiger charge is 2.30. The van der Waals surface area contributed by atoms with Gasteiger partial charge >= 0.3 is 6.18 Å². The van der Waals surface area contributed by atoms with Gasteiger partial charge in [-0.2, -0.15) is 18.3 Å². The minimum Gasteiger partial charge on any atom is -0.318 e. The minimum atomic E-state index is -4.38. The number of amides is 1. The summed E-state index contributed by atoms with van der Waals surface area (Å²) in [6.45, 7) is 1.42. The number of nitrogens with zero attached hydrogens (tertiary/aromatic N) is 3. The number of thiophene rings is 1. The fourth-order valence-electron chi connectivity index (χ4n) is 2.94. The van der Waals surface area contributed by atoms with Gasteiger partial charge in [0.1, 0.15) is 4.83 Å². The smallest absolute Gasteiger partial charge is 0.318 e. The lowest BCUT2D eigenvalue weighted by Gasteiger charge is -2.09. The van der Waals surface area contributed by atoms with Gasteiger partial charge in [0.05, 0.1) is 10.6 Å². The lowest BCUT2D eigenvalue weighted by Crippen LogP contribution is -2.05. The molecule has 134 valence electrons. The molecule has 1 amide bonds. The van der Waals surface area contributed by atoms with Crippen LogP contribution in [-0.4, -0.2) is 20.3 Å². The number of halogens is 3. The molecule has 9 heteroatoms. The maximum atomic E-state index is 12.8. The zero-order valence-corrected chi connectivity index (χ0v) is 14.6. The van der Waals surface area contributed by atoms with Gasteiger partial charge in [0.2, 0.25) is 5.91 Å². The van der Waals surface area contributed by atoms with Crippen LogP contribution in [0.15, 0.2) is 36.5 Å². The summed E-state index contributed by atoms with van der Waals surface area (Å²) < 4.78 is 42.0. The predicted octanol–water partition coefficient (Wildman–Crippen LogP) is 4.56. The molecule has 0 aliphatic rings. The molecule has 0 unspecified atom stereocenters. The average molecular weight is 378 g/mol. The van der Waals surface area contributed by atoms with Crippen LogP contribution in [0.25, 0.3) is 26.9 Å². The maximum Gasteiger partial charge on any atom is 0.416 e. The largest absolute Gasteiger partial charge is 0.416 e. The summed E-state index contributed by atoms with van der Waals surface area (Å²) in [4.78, 5) is 12.1. The van der Waals surface area contributed by atoms with Crippen LogP contribution in [0.5, 0.6) is 0 Å². The zero-order chi connectivity index (χ0) is 18.6. The molecule has 0 radical (unpaired) electrons. The van der Waals surface area contributed by atoms with Crippen LogP contribution in [-0.2, 0) is 18.0 Å². The third-order valence-electron chi connectivity index (χ3n) is 3.98. The van der Waals surface area contributed by atoms with Crippen molar-refractivity contribution in [3.05, 3.63) is 42.1 Å². The normalized spacial score (nSPS) is 12.2. The molecule has 0 spiro atoms. The third kappa shape index (κ3) is 2.64. The van der Waals surface area contributed by atoms with Crippen molar-refractivity contribution in [3.63, 3.8) is 0 Å². The van der Waals surface area contributed by atoms with Crippen molar-refractivity contribution < 1.29 is 18.0 Å². The fraction of sp³-hybridized carbons (Fsp3) is 0.176. The summed E-state index contributed by atoms with van der Waals surface area (Å²) in [5, 5.41) is 9.62. The molecule has 0 aliphatic carbocycles. The number of carbonyl (C=O) groups is 1. The number of nitrogens with one attached hydrogen (secondary N) is 1. The molecule has 0 fully saturated rings. The topological polar surface area (TPSA) is 51.9 Å². The van der Waals surface area contributed by atoms with E-state index in [0.717, 1.165) is 27.7 Å². The van der Waals surface area contributed by atoms with Crippen LogP contribution in [0.2, 0.25) is 0 Å². The van der Waals surface area contributed by atoms with Crippen LogP contribution in [0.4, 0.5) is 18.2 Å². The van der Waals surface area contributed by atoms with Crippen LogP contribution >= 0.6 is 11.3 Å². The van der Waals surface area contributed by atoms with Crippen molar-refractivity contribution in [1.82, 2.24) is 14.3 Å². The Bertz CT molecular complexity index is 1140. The van der Waals surface area contributed by atoms with Gasteiger partial charge in [0.25, 0.3) is 0 Å². The lowest BCUT2D eigenvalue weighted by atomic mass is 10.2. The number of hydrogen-bond acceptors (Lipinski definition) is 3. The Morgan fingerprint density at radius 3 is 2.50 bits per heavy atom. The number of aryl methyl sites for hydroxylation is 1. The standard InChI is InChI=1S/C17H13F3N4OS/c1-9(25)21-14-7-12-13-8-23(2)22-15(13)24(16(12)26-14)11-5-3-10(4-6-11)17(18,19)20/h3-8H,1-2H3,(H,21,25). The quantitative estimate of drug-likeness (QED) is 0.556. The molecule has 1 aromatic carbocycles. The number of fused-ring (bicyclic) bond motifs is 3. The third-order valence-corrected chi connectivity index (χ3v) is 5.01. The highest BCUT2D eigenvalue weighted by atomic mass is 32.1. The predicted molar refractivity (Wildman–Crippen MR) is 94.7 cm³/mol. The monoisotopic (exact) mass is 378 g/mol. The Morgan fingerprint density at radius 2 is 1.88 bits per heavy atom. The number of benzene rings is 1. The summed E-state index contributed by atoms with van der Waals surface area (Å²) >= 11 is 1.35. The summed E-state index contributed by atoms with van der Waals surface area (Å²) in [6.07, 6.45) is -2.53. The molecule has 3 heterocycles. The Balaban J connectivity index is 1.94. The van der Waals surface area contributed by atoms with E-state index in [1.165, 1.54) is 30.4 Å². The molecule has 0 atom stereocenters. The highest BCUT2D eigenvalue weighted by molar-refractivity contribution is 7.22. The second-order valence-corrected chi connectivity index (χ2v) is 6.96. The molecule has 4 aromatic rings. The van der Waals surface area contributed by atoms with E-state index in [2.05, 4.69) is 10.4 Å². The van der Waals surface area contributed by atoms with E-state index in [-0.39, 0.29) is 5.91 Å². The van der Waals surface area contributed by atoms with E-state index < -0.39 is 11.7 Å². The van der Waals surface area contributed by atoms with E-state index in [9.17, 15) is 18.0 Å². The molecular weight excluding hydrogens is 365 g/mol. The van der Waals surface area contributed by atoms with Crippen LogP contribution in [0.1, 0.15) is 12.5 Å². The van der Waals surface area contributed by atoms with Crippen molar-refractivity contribution >= 4 is 43.5 Å². The molecule has 0 bridgehead atoms. The first kappa shape index (κ1) is 16.6. The van der Waals surface area contributed by atoms with Crippen molar-refractivity contribution in [2.75, 3.05) is 5.32 Å². The fourth-order valence-corrected chi connectivity index (χ4v) is 4.08. The molecule has 0 aliphatic heterocycles. The van der Waals surface area contributed by atoms with E-state index in [4.69, 9.17) is 0 Å². The number of anilines is 1. The second-order valence-electron chi connectivity index (χ2n) is 5.93. The van der Waals surface area contributed by atoms with Gasteiger partial charge in [-0.05, 0) is 30.3 Å². The van der Waals surface area contributed by atoms with E-state index in [1.54, 1.807) is 16.3 Å². The lowest BCUT2D eigenvalue weighted by molar-refractivity contribution is -0.137. The summed E-state index contributed by atoms with van der Waals surface area (Å²) in [5.41, 5.74) is 0.530. The van der Waals surface area contributed by atoms with Crippen molar-refractivity contribution in [2.45, 2.75) is 13.1 Å². The number of aromatic nitrogens is 3. The Hall–Kier alpha value is -2.81. The number of rotatable bonds is 2. The summed E-state index contributed by atoms with van der Waals surface area (Å²) in [6, 6.07) is 6.81. The Labute approximate surface area is 149 Å². The first-order valence-corrected chi connectivity index (χ1v) is 8.48. The van der Waals surface area contributed by atoms with E-state index in [1.807, 2.05) is 12.3 Å². The molecular formula is C17H13F3N4OS. The number of carbonyl (C=O) groups excluding carboxylic acids is 1. The Kier molecular flexibility index (Phi) is 3.58. The van der Waals surface area contributed by atoms with Crippen LogP contribution < -0.4 is 5.32 Å². The van der Waals surface area contributed by atoms with E-state index >= 15 is 0 Å². The molecule has 26 heavy (non-hydrogen) atoms. The first-order valence-electron chi connectivity index (χ1n) is 7.67. The molecule has 0 saturated heterocycles. The van der Waals surface area contributed by atoms with Gasteiger partial charge in [0, 0.05) is 36.6 Å². The molecule has 1 N–H and O–H groups in total. The molecule has 3 aromatic heterocycles. The molecule has 0 saturated carbocycles. The number of hydrogen-bond donors (Lipinski definition) is 1. The Morgan fingerprint density at radius 1 is 1.19 bits per heavy atom. The van der Waals surface area contributed by atoms with E-state index in [0.29, 0.717) is 16.3 Å². The highest BCUT2D eigenvalue weighted by Crippen LogP contribution is 2.39. The molecule has 4 rings (SSSR count). The first-order chi connectivity index (χ1) is 12.2. The van der Waals surface area contributed by atoms with Gasteiger partial charge in [-0.1, -0.05) is 11.3 Å². The summed E-state index contributed by atoms with van der Waals surface area (Å²) in [5.74, 6) is -0.183. The van der Waals surface area contributed by atoms with Crippen LogP contribution in [0, 0.1) is 0 Å². The SMILES string of the molecule is CC(=O)Nc1cc2c3cn(C)nc3n(-c3ccc(C(F)(F)F)cc3)c2s1. The number of alkyl halides is 3. The molecule has 5 nitrogen and oxygen atoms in total. The summed E-state index contributed by atoms with van der Waals surface area (Å²) in [7, 11) is 1.78. The second kappa shape index (κ2) is 5.60. The van der Waals surface area contributed by atoms with Gasteiger partial charge < -0.3 is 5.32 Å².